The number of para-hydroxylation sites is 1. The van der Waals surface area contributed by atoms with Gasteiger partial charge in [-0.15, -0.1) is 0 Å². The molecule has 5 aromatic rings. The van der Waals surface area contributed by atoms with Gasteiger partial charge < -0.3 is 15.5 Å². The molecule has 0 radical (unpaired) electrons. The van der Waals surface area contributed by atoms with E-state index in [-0.39, 0.29) is 17.5 Å². The quantitative estimate of drug-likeness (QED) is 0.196. The van der Waals surface area contributed by atoms with Crippen molar-refractivity contribution in [1.82, 2.24) is 5.32 Å². The number of furan rings is 1. The molecule has 0 aliphatic rings. The summed E-state index contributed by atoms with van der Waals surface area (Å²) in [6.45, 7) is 0. The van der Waals surface area contributed by atoms with Gasteiger partial charge in [-0.1, -0.05) is 42.5 Å². The first-order valence-corrected chi connectivity index (χ1v) is 12.0. The molecule has 0 bridgehead atoms. The van der Waals surface area contributed by atoms with Crippen molar-refractivity contribution in [3.8, 4) is 22.5 Å². The highest BCUT2D eigenvalue weighted by molar-refractivity contribution is 6.12. The number of Topliss-reactive ketones (excluding diaryl/α,β-unsaturated/α-hetero) is 1. The van der Waals surface area contributed by atoms with Crippen molar-refractivity contribution in [2.24, 2.45) is 0 Å². The number of carbonyl (C=O) groups is 2. The molecule has 3 N–H and O–H groups in total. The fourth-order valence-electron chi connectivity index (χ4n) is 4.46. The monoisotopic (exact) mass is 492 g/mol. The van der Waals surface area contributed by atoms with Gasteiger partial charge in [-0.3, -0.25) is 9.59 Å². The van der Waals surface area contributed by atoms with E-state index in [0.29, 0.717) is 51.9 Å². The molecule has 1 aromatic heterocycles. The van der Waals surface area contributed by atoms with Crippen LogP contribution in [-0.2, 0) is 6.42 Å². The van der Waals surface area contributed by atoms with Crippen LogP contribution in [0, 0.1) is 5.82 Å². The van der Waals surface area contributed by atoms with E-state index in [9.17, 15) is 14.0 Å². The van der Waals surface area contributed by atoms with Crippen LogP contribution in [0.15, 0.2) is 95.4 Å². The summed E-state index contributed by atoms with van der Waals surface area (Å²) in [7, 11) is 1.55. The Bertz CT molecular complexity index is 1620. The fourth-order valence-corrected chi connectivity index (χ4v) is 4.46. The number of hydrogen-bond donors (Lipinski definition) is 2. The first kappa shape index (κ1) is 24.0. The largest absolute Gasteiger partial charge is 0.455 e. The molecular formula is C31H25FN2O3. The van der Waals surface area contributed by atoms with Crippen molar-refractivity contribution < 1.29 is 18.4 Å². The minimum atomic E-state index is -0.370. The highest BCUT2D eigenvalue weighted by Gasteiger charge is 2.22. The predicted molar refractivity (Wildman–Crippen MR) is 144 cm³/mol. The number of halogens is 1. The third kappa shape index (κ3) is 4.86. The molecule has 37 heavy (non-hydrogen) atoms. The molecule has 4 aromatic carbocycles. The van der Waals surface area contributed by atoms with Crippen LogP contribution in [0.2, 0.25) is 0 Å². The summed E-state index contributed by atoms with van der Waals surface area (Å²) in [4.78, 5) is 25.8. The normalized spacial score (nSPS) is 11.0. The van der Waals surface area contributed by atoms with E-state index in [1.54, 1.807) is 31.3 Å². The Morgan fingerprint density at radius 1 is 0.865 bits per heavy atom. The number of anilines is 1. The van der Waals surface area contributed by atoms with Gasteiger partial charge in [-0.05, 0) is 71.6 Å². The molecule has 0 unspecified atom stereocenters. The zero-order valence-electron chi connectivity index (χ0n) is 20.3. The van der Waals surface area contributed by atoms with Gasteiger partial charge in [0.2, 0.25) is 0 Å². The number of aryl methyl sites for hydroxylation is 1. The second-order valence-corrected chi connectivity index (χ2v) is 8.81. The highest BCUT2D eigenvalue weighted by Crippen LogP contribution is 2.36. The molecular weight excluding hydrogens is 467 g/mol. The summed E-state index contributed by atoms with van der Waals surface area (Å²) in [5.74, 6) is -0.278. The van der Waals surface area contributed by atoms with Gasteiger partial charge in [-0.2, -0.15) is 0 Å². The van der Waals surface area contributed by atoms with E-state index in [1.165, 1.54) is 12.1 Å². The van der Waals surface area contributed by atoms with Crippen LogP contribution >= 0.6 is 0 Å². The van der Waals surface area contributed by atoms with Gasteiger partial charge >= 0.3 is 0 Å². The molecule has 1 amide bonds. The van der Waals surface area contributed by atoms with Gasteiger partial charge in [0.15, 0.2) is 5.78 Å². The molecule has 0 aliphatic heterocycles. The van der Waals surface area contributed by atoms with Crippen LogP contribution in [0.4, 0.5) is 10.1 Å². The van der Waals surface area contributed by atoms with Crippen molar-refractivity contribution in [3.63, 3.8) is 0 Å². The smallest absolute Gasteiger partial charge is 0.255 e. The van der Waals surface area contributed by atoms with Gasteiger partial charge in [0.05, 0.1) is 5.56 Å². The average Bonchev–Trinajstić information content (AvgIpc) is 3.31. The summed E-state index contributed by atoms with van der Waals surface area (Å²) in [5.41, 5.74) is 11.5. The molecule has 5 nitrogen and oxygen atoms in total. The maximum Gasteiger partial charge on any atom is 0.255 e. The summed E-state index contributed by atoms with van der Waals surface area (Å²) < 4.78 is 19.5. The average molecular weight is 493 g/mol. The Morgan fingerprint density at radius 2 is 1.59 bits per heavy atom. The van der Waals surface area contributed by atoms with E-state index in [1.807, 2.05) is 54.6 Å². The highest BCUT2D eigenvalue weighted by atomic mass is 19.1. The van der Waals surface area contributed by atoms with Crippen LogP contribution in [0.5, 0.6) is 0 Å². The minimum Gasteiger partial charge on any atom is -0.455 e. The van der Waals surface area contributed by atoms with E-state index in [4.69, 9.17) is 10.2 Å². The van der Waals surface area contributed by atoms with Gasteiger partial charge in [0.1, 0.15) is 17.2 Å². The van der Waals surface area contributed by atoms with Crippen molar-refractivity contribution in [1.29, 1.82) is 0 Å². The number of hydrogen-bond acceptors (Lipinski definition) is 4. The van der Waals surface area contributed by atoms with Crippen LogP contribution in [0.1, 0.15) is 32.7 Å². The lowest BCUT2D eigenvalue weighted by molar-refractivity contribution is 0.0961. The Kier molecular flexibility index (Phi) is 6.56. The summed E-state index contributed by atoms with van der Waals surface area (Å²) >= 11 is 0. The molecule has 0 aliphatic carbocycles. The molecule has 0 saturated heterocycles. The lowest BCUT2D eigenvalue weighted by atomic mass is 9.96. The molecule has 0 spiro atoms. The standard InChI is InChI=1S/C31H25FN2O3/c1-34-31(36)29-25-18-22(12-16-28(25)37-30(29)20-9-13-24(32)14-10-20)21-6-4-7-23(17-21)27(35)15-11-19-5-2-3-8-26(19)33/h2-10,12-14,16-18H,11,15,33H2,1H3,(H,34,36). The van der Waals surface area contributed by atoms with Gasteiger partial charge in [0, 0.05) is 35.7 Å². The minimum absolute atomic E-state index is 0.0270. The lowest BCUT2D eigenvalue weighted by Gasteiger charge is -2.07. The molecule has 5 rings (SSSR count). The Morgan fingerprint density at radius 3 is 2.35 bits per heavy atom. The van der Waals surface area contributed by atoms with Crippen molar-refractivity contribution >= 4 is 28.3 Å². The van der Waals surface area contributed by atoms with E-state index in [0.717, 1.165) is 16.7 Å². The van der Waals surface area contributed by atoms with Crippen molar-refractivity contribution in [3.05, 3.63) is 114 Å². The number of fused-ring (bicyclic) bond motifs is 1. The lowest BCUT2D eigenvalue weighted by Crippen LogP contribution is -2.18. The van der Waals surface area contributed by atoms with Gasteiger partial charge in [-0.25, -0.2) is 4.39 Å². The predicted octanol–water partition coefficient (Wildman–Crippen LogP) is 6.66. The zero-order valence-corrected chi connectivity index (χ0v) is 20.3. The van der Waals surface area contributed by atoms with Crippen LogP contribution in [-0.4, -0.2) is 18.7 Å². The first-order valence-electron chi connectivity index (χ1n) is 12.0. The third-order valence-electron chi connectivity index (χ3n) is 6.44. The second kappa shape index (κ2) is 10.1. The molecule has 0 atom stereocenters. The molecule has 6 heteroatoms. The number of nitrogens with one attached hydrogen (secondary N) is 1. The fraction of sp³-hybridized carbons (Fsp3) is 0.0968. The number of ketones is 1. The number of benzene rings is 4. The number of nitrogens with two attached hydrogens (primary N) is 1. The van der Waals surface area contributed by atoms with E-state index in [2.05, 4.69) is 5.32 Å². The first-order chi connectivity index (χ1) is 17.9. The van der Waals surface area contributed by atoms with Crippen molar-refractivity contribution in [2.75, 3.05) is 12.8 Å². The SMILES string of the molecule is CNC(=O)c1c(-c2ccc(F)cc2)oc2ccc(-c3cccc(C(=O)CCc4ccccc4N)c3)cc12. The summed E-state index contributed by atoms with van der Waals surface area (Å²) in [5, 5.41) is 3.30. The Labute approximate surface area is 213 Å². The topological polar surface area (TPSA) is 85.3 Å². The number of amides is 1. The van der Waals surface area contributed by atoms with E-state index < -0.39 is 0 Å². The number of carbonyl (C=O) groups excluding carboxylic acids is 2. The van der Waals surface area contributed by atoms with Crippen LogP contribution in [0.3, 0.4) is 0 Å². The van der Waals surface area contributed by atoms with Crippen LogP contribution < -0.4 is 11.1 Å². The summed E-state index contributed by atoms with van der Waals surface area (Å²) in [6.07, 6.45) is 0.915. The van der Waals surface area contributed by atoms with E-state index >= 15 is 0 Å². The maximum atomic E-state index is 13.5. The summed E-state index contributed by atoms with van der Waals surface area (Å²) in [6, 6.07) is 26.4. The number of nitrogen functional groups attached to an aromatic ring is 1. The molecule has 0 saturated carbocycles. The van der Waals surface area contributed by atoms with Crippen molar-refractivity contribution in [2.45, 2.75) is 12.8 Å². The van der Waals surface area contributed by atoms with Crippen LogP contribution in [0.25, 0.3) is 33.4 Å². The third-order valence-corrected chi connectivity index (χ3v) is 6.44. The zero-order chi connectivity index (χ0) is 25.9. The number of rotatable bonds is 7. The molecule has 0 fully saturated rings. The Balaban J connectivity index is 1.49. The maximum absolute atomic E-state index is 13.5. The molecule has 184 valence electrons. The second-order valence-electron chi connectivity index (χ2n) is 8.81. The Hall–Kier alpha value is -4.71. The van der Waals surface area contributed by atoms with Gasteiger partial charge in [0.25, 0.3) is 5.91 Å². The molecule has 1 heterocycles.